The van der Waals surface area contributed by atoms with Gasteiger partial charge in [-0.05, 0) is 38.1 Å². The van der Waals surface area contributed by atoms with E-state index in [2.05, 4.69) is 17.3 Å². The summed E-state index contributed by atoms with van der Waals surface area (Å²) in [6.45, 7) is 4.05. The smallest absolute Gasteiger partial charge is 0.123 e. The molecule has 108 valence electrons. The van der Waals surface area contributed by atoms with Crippen LogP contribution >= 0.6 is 0 Å². The molecule has 1 aromatic carbocycles. The third kappa shape index (κ3) is 2.99. The van der Waals surface area contributed by atoms with Gasteiger partial charge in [0.1, 0.15) is 11.6 Å². The van der Waals surface area contributed by atoms with Gasteiger partial charge in [-0.25, -0.2) is 4.39 Å². The molecule has 0 aliphatic heterocycles. The molecule has 0 aliphatic rings. The lowest BCUT2D eigenvalue weighted by atomic mass is 10.1. The average Bonchev–Trinajstić information content (AvgIpc) is 2.85. The molecule has 20 heavy (non-hydrogen) atoms. The van der Waals surface area contributed by atoms with E-state index in [1.807, 2.05) is 24.7 Å². The van der Waals surface area contributed by atoms with Gasteiger partial charge < -0.3 is 10.1 Å². The van der Waals surface area contributed by atoms with E-state index in [1.165, 1.54) is 12.1 Å². The second-order valence-corrected chi connectivity index (χ2v) is 4.88. The molecule has 0 radical (unpaired) electrons. The van der Waals surface area contributed by atoms with Gasteiger partial charge in [0.15, 0.2) is 0 Å². The Morgan fingerprint density at radius 1 is 1.25 bits per heavy atom. The summed E-state index contributed by atoms with van der Waals surface area (Å²) in [5.74, 6) is 0.422. The highest BCUT2D eigenvalue weighted by Crippen LogP contribution is 2.27. The van der Waals surface area contributed by atoms with E-state index in [0.717, 1.165) is 11.3 Å². The number of methoxy groups -OCH3 is 1. The Balaban J connectivity index is 2.18. The molecule has 4 nitrogen and oxygen atoms in total. The van der Waals surface area contributed by atoms with E-state index in [-0.39, 0.29) is 17.9 Å². The van der Waals surface area contributed by atoms with E-state index in [0.29, 0.717) is 5.75 Å². The molecular weight excluding hydrogens is 257 g/mol. The number of benzene rings is 1. The third-order valence-electron chi connectivity index (χ3n) is 3.46. The van der Waals surface area contributed by atoms with Crippen LogP contribution in [0.25, 0.3) is 0 Å². The van der Waals surface area contributed by atoms with Crippen molar-refractivity contribution in [2.24, 2.45) is 7.05 Å². The van der Waals surface area contributed by atoms with Crippen LogP contribution < -0.4 is 10.1 Å². The predicted octanol–water partition coefficient (Wildman–Crippen LogP) is 2.98. The summed E-state index contributed by atoms with van der Waals surface area (Å²) >= 11 is 0. The standard InChI is InChI=1S/C15H20FN3O/c1-10(13-9-12(16)5-6-15(13)20-4)18-11(2)14-7-8-17-19(14)3/h5-11,18H,1-4H3. The number of rotatable bonds is 5. The lowest BCUT2D eigenvalue weighted by Crippen LogP contribution is -2.24. The lowest BCUT2D eigenvalue weighted by Gasteiger charge is -2.22. The number of hydrogen-bond acceptors (Lipinski definition) is 3. The summed E-state index contributed by atoms with van der Waals surface area (Å²) in [5.41, 5.74) is 1.88. The van der Waals surface area contributed by atoms with Gasteiger partial charge in [-0.3, -0.25) is 4.68 Å². The van der Waals surface area contributed by atoms with E-state index >= 15 is 0 Å². The van der Waals surface area contributed by atoms with Gasteiger partial charge in [-0.1, -0.05) is 0 Å². The Bertz CT molecular complexity index is 582. The van der Waals surface area contributed by atoms with Crippen molar-refractivity contribution in [1.82, 2.24) is 15.1 Å². The van der Waals surface area contributed by atoms with Crippen molar-refractivity contribution in [2.75, 3.05) is 7.11 Å². The van der Waals surface area contributed by atoms with Crippen molar-refractivity contribution in [2.45, 2.75) is 25.9 Å². The van der Waals surface area contributed by atoms with Gasteiger partial charge in [-0.2, -0.15) is 5.10 Å². The van der Waals surface area contributed by atoms with Gasteiger partial charge in [0, 0.05) is 30.9 Å². The minimum Gasteiger partial charge on any atom is -0.496 e. The molecule has 5 heteroatoms. The third-order valence-corrected chi connectivity index (χ3v) is 3.46. The maximum atomic E-state index is 13.4. The van der Waals surface area contributed by atoms with E-state index in [9.17, 15) is 4.39 Å². The summed E-state index contributed by atoms with van der Waals surface area (Å²) in [5, 5.41) is 7.59. The van der Waals surface area contributed by atoms with Gasteiger partial charge in [0.05, 0.1) is 12.8 Å². The van der Waals surface area contributed by atoms with Gasteiger partial charge in [0.25, 0.3) is 0 Å². The molecule has 0 aliphatic carbocycles. The number of hydrogen-bond donors (Lipinski definition) is 1. The summed E-state index contributed by atoms with van der Waals surface area (Å²) in [7, 11) is 3.49. The van der Waals surface area contributed by atoms with Crippen molar-refractivity contribution in [1.29, 1.82) is 0 Å². The molecule has 2 rings (SSSR count). The summed E-state index contributed by atoms with van der Waals surface area (Å²) in [6.07, 6.45) is 1.76. The van der Waals surface area contributed by atoms with E-state index < -0.39 is 0 Å². The van der Waals surface area contributed by atoms with Crippen molar-refractivity contribution in [3.05, 3.63) is 47.5 Å². The van der Waals surface area contributed by atoms with Crippen LogP contribution in [0.2, 0.25) is 0 Å². The first-order valence-electron chi connectivity index (χ1n) is 6.60. The molecule has 0 amide bonds. The largest absolute Gasteiger partial charge is 0.496 e. The number of nitrogens with one attached hydrogen (secondary N) is 1. The van der Waals surface area contributed by atoms with Crippen molar-refractivity contribution in [3.63, 3.8) is 0 Å². The molecule has 0 saturated heterocycles. The molecule has 0 bridgehead atoms. The minimum absolute atomic E-state index is 0.0365. The molecule has 1 N–H and O–H groups in total. The van der Waals surface area contributed by atoms with Gasteiger partial charge >= 0.3 is 0 Å². The Kier molecular flexibility index (Phi) is 4.39. The Hall–Kier alpha value is -1.88. The molecule has 0 saturated carbocycles. The van der Waals surface area contributed by atoms with Crippen LogP contribution in [0.4, 0.5) is 4.39 Å². The second-order valence-electron chi connectivity index (χ2n) is 4.88. The fraction of sp³-hybridized carbons (Fsp3) is 0.400. The molecule has 1 heterocycles. The zero-order chi connectivity index (χ0) is 14.7. The van der Waals surface area contributed by atoms with Crippen LogP contribution in [-0.4, -0.2) is 16.9 Å². The fourth-order valence-corrected chi connectivity index (χ4v) is 2.40. The van der Waals surface area contributed by atoms with Crippen LogP contribution in [0.1, 0.15) is 37.2 Å². The summed E-state index contributed by atoms with van der Waals surface area (Å²) in [4.78, 5) is 0. The molecular formula is C15H20FN3O. The summed E-state index contributed by atoms with van der Waals surface area (Å²) in [6, 6.07) is 6.59. The van der Waals surface area contributed by atoms with Crippen LogP contribution in [0.15, 0.2) is 30.5 Å². The predicted molar refractivity (Wildman–Crippen MR) is 76.1 cm³/mol. The molecule has 2 atom stereocenters. The number of aryl methyl sites for hydroxylation is 1. The maximum absolute atomic E-state index is 13.4. The zero-order valence-corrected chi connectivity index (χ0v) is 12.2. The van der Waals surface area contributed by atoms with Crippen molar-refractivity contribution < 1.29 is 9.13 Å². The zero-order valence-electron chi connectivity index (χ0n) is 12.2. The van der Waals surface area contributed by atoms with Crippen LogP contribution in [0, 0.1) is 5.82 Å². The first-order chi connectivity index (χ1) is 9.52. The van der Waals surface area contributed by atoms with Gasteiger partial charge in [-0.15, -0.1) is 0 Å². The number of aromatic nitrogens is 2. The SMILES string of the molecule is COc1ccc(F)cc1C(C)NC(C)c1ccnn1C. The van der Waals surface area contributed by atoms with Crippen LogP contribution in [-0.2, 0) is 7.05 Å². The fourth-order valence-electron chi connectivity index (χ4n) is 2.40. The number of nitrogens with zero attached hydrogens (tertiary/aromatic N) is 2. The highest BCUT2D eigenvalue weighted by Gasteiger charge is 2.17. The maximum Gasteiger partial charge on any atom is 0.123 e. The number of halogens is 1. The Labute approximate surface area is 118 Å². The Morgan fingerprint density at radius 3 is 2.60 bits per heavy atom. The van der Waals surface area contributed by atoms with E-state index in [4.69, 9.17) is 4.74 Å². The number of ether oxygens (including phenoxy) is 1. The highest BCUT2D eigenvalue weighted by molar-refractivity contribution is 5.36. The highest BCUT2D eigenvalue weighted by atomic mass is 19.1. The van der Waals surface area contributed by atoms with Gasteiger partial charge in [0.2, 0.25) is 0 Å². The molecule has 1 aromatic heterocycles. The molecule has 2 unspecified atom stereocenters. The first kappa shape index (κ1) is 14.5. The first-order valence-corrected chi connectivity index (χ1v) is 6.60. The van der Waals surface area contributed by atoms with Crippen molar-refractivity contribution in [3.8, 4) is 5.75 Å². The van der Waals surface area contributed by atoms with Crippen LogP contribution in [0.3, 0.4) is 0 Å². The summed E-state index contributed by atoms with van der Waals surface area (Å²) < 4.78 is 20.5. The quantitative estimate of drug-likeness (QED) is 0.913. The Morgan fingerprint density at radius 2 is 2.00 bits per heavy atom. The van der Waals surface area contributed by atoms with E-state index in [1.54, 1.807) is 19.4 Å². The molecule has 0 spiro atoms. The average molecular weight is 277 g/mol. The monoisotopic (exact) mass is 277 g/mol. The molecule has 2 aromatic rings. The molecule has 0 fully saturated rings. The second kappa shape index (κ2) is 6.05. The lowest BCUT2D eigenvalue weighted by molar-refractivity contribution is 0.392. The normalized spacial score (nSPS) is 14.1. The minimum atomic E-state index is -0.261. The topological polar surface area (TPSA) is 39.1 Å². The van der Waals surface area contributed by atoms with Crippen molar-refractivity contribution >= 4 is 0 Å². The van der Waals surface area contributed by atoms with Crippen LogP contribution in [0.5, 0.6) is 5.75 Å².